The van der Waals surface area contributed by atoms with E-state index < -0.39 is 0 Å². The zero-order valence-corrected chi connectivity index (χ0v) is 13.0. The molecule has 0 atom stereocenters. The minimum Gasteiger partial charge on any atom is -0.397 e. The molecule has 0 bridgehead atoms. The van der Waals surface area contributed by atoms with Gasteiger partial charge in [0.2, 0.25) is 0 Å². The van der Waals surface area contributed by atoms with E-state index in [1.165, 1.54) is 0 Å². The molecule has 0 aliphatic carbocycles. The highest BCUT2D eigenvalue weighted by Gasteiger charge is 2.10. The molecule has 0 aliphatic rings. The number of hydrogen-bond donors (Lipinski definition) is 2. The number of anilines is 1. The first-order valence-electron chi connectivity index (χ1n) is 7.14. The summed E-state index contributed by atoms with van der Waals surface area (Å²) >= 11 is 5.90. The predicted octanol–water partition coefficient (Wildman–Crippen LogP) is 2.77. The normalized spacial score (nSPS) is 10.8. The fourth-order valence-electron chi connectivity index (χ4n) is 2.03. The number of para-hydroxylation sites is 1. The van der Waals surface area contributed by atoms with Gasteiger partial charge in [0.15, 0.2) is 0 Å². The number of rotatable bonds is 8. The smallest absolute Gasteiger partial charge is 0.253 e. The molecule has 0 saturated heterocycles. The maximum atomic E-state index is 12.0. The van der Waals surface area contributed by atoms with Crippen LogP contribution >= 0.6 is 11.6 Å². The summed E-state index contributed by atoms with van der Waals surface area (Å²) in [5, 5.41) is 3.30. The first-order valence-corrected chi connectivity index (χ1v) is 7.52. The van der Waals surface area contributed by atoms with Gasteiger partial charge < -0.3 is 16.0 Å². The first-order chi connectivity index (χ1) is 9.60. The van der Waals surface area contributed by atoms with Gasteiger partial charge in [0, 0.05) is 6.54 Å². The lowest BCUT2D eigenvalue weighted by molar-refractivity contribution is 0.0953. The van der Waals surface area contributed by atoms with Crippen LogP contribution in [0.4, 0.5) is 5.69 Å². The molecule has 4 nitrogen and oxygen atoms in total. The Labute approximate surface area is 126 Å². The van der Waals surface area contributed by atoms with Gasteiger partial charge in [-0.3, -0.25) is 4.79 Å². The van der Waals surface area contributed by atoms with Crippen LogP contribution in [-0.4, -0.2) is 37.0 Å². The number of nitrogens with one attached hydrogen (secondary N) is 1. The van der Waals surface area contributed by atoms with Gasteiger partial charge in [-0.25, -0.2) is 0 Å². The van der Waals surface area contributed by atoms with Crippen molar-refractivity contribution in [3.05, 3.63) is 28.8 Å². The van der Waals surface area contributed by atoms with Crippen molar-refractivity contribution in [2.75, 3.05) is 31.9 Å². The Kier molecular flexibility index (Phi) is 7.41. The van der Waals surface area contributed by atoms with Crippen molar-refractivity contribution >= 4 is 23.2 Å². The molecule has 1 aromatic carbocycles. The van der Waals surface area contributed by atoms with Crippen LogP contribution < -0.4 is 11.1 Å². The van der Waals surface area contributed by atoms with E-state index in [9.17, 15) is 4.79 Å². The largest absolute Gasteiger partial charge is 0.397 e. The van der Waals surface area contributed by atoms with Gasteiger partial charge in [-0.2, -0.15) is 0 Å². The van der Waals surface area contributed by atoms with Crippen LogP contribution in [-0.2, 0) is 0 Å². The third-order valence-electron chi connectivity index (χ3n) is 3.38. The van der Waals surface area contributed by atoms with Gasteiger partial charge in [0.05, 0.1) is 16.3 Å². The maximum Gasteiger partial charge on any atom is 0.253 e. The van der Waals surface area contributed by atoms with Crippen molar-refractivity contribution in [1.82, 2.24) is 10.2 Å². The highest BCUT2D eigenvalue weighted by molar-refractivity contribution is 6.33. The Hall–Kier alpha value is -1.26. The van der Waals surface area contributed by atoms with Crippen molar-refractivity contribution in [3.8, 4) is 0 Å². The predicted molar refractivity (Wildman–Crippen MR) is 85.2 cm³/mol. The number of carbonyl (C=O) groups is 1. The number of unbranched alkanes of at least 4 members (excludes halogenated alkanes) is 1. The highest BCUT2D eigenvalue weighted by atomic mass is 35.5. The Morgan fingerprint density at radius 2 is 2.00 bits per heavy atom. The second-order valence-corrected chi connectivity index (χ2v) is 5.10. The summed E-state index contributed by atoms with van der Waals surface area (Å²) < 4.78 is 0. The molecule has 1 aromatic rings. The third-order valence-corrected chi connectivity index (χ3v) is 3.71. The molecule has 0 spiro atoms. The van der Waals surface area contributed by atoms with Crippen LogP contribution in [0.2, 0.25) is 5.02 Å². The lowest BCUT2D eigenvalue weighted by Crippen LogP contribution is -2.27. The van der Waals surface area contributed by atoms with E-state index in [-0.39, 0.29) is 5.91 Å². The topological polar surface area (TPSA) is 58.4 Å². The molecule has 1 rings (SSSR count). The van der Waals surface area contributed by atoms with Gasteiger partial charge in [0.25, 0.3) is 5.91 Å². The monoisotopic (exact) mass is 297 g/mol. The van der Waals surface area contributed by atoms with Crippen LogP contribution in [0.5, 0.6) is 0 Å². The summed E-state index contributed by atoms with van der Waals surface area (Å²) in [4.78, 5) is 14.3. The van der Waals surface area contributed by atoms with Gasteiger partial charge in [-0.05, 0) is 44.6 Å². The molecule has 20 heavy (non-hydrogen) atoms. The average Bonchev–Trinajstić information content (AvgIpc) is 2.45. The number of benzene rings is 1. The molecule has 3 N–H and O–H groups in total. The van der Waals surface area contributed by atoms with E-state index in [1.54, 1.807) is 18.2 Å². The number of amides is 1. The summed E-state index contributed by atoms with van der Waals surface area (Å²) in [5.74, 6) is -0.159. The number of nitrogens with two attached hydrogens (primary N) is 1. The summed E-state index contributed by atoms with van der Waals surface area (Å²) in [6, 6.07) is 5.10. The van der Waals surface area contributed by atoms with Crippen molar-refractivity contribution in [1.29, 1.82) is 0 Å². The molecule has 112 valence electrons. The van der Waals surface area contributed by atoms with Crippen LogP contribution in [0.25, 0.3) is 0 Å². The molecule has 0 unspecified atom stereocenters. The van der Waals surface area contributed by atoms with E-state index in [4.69, 9.17) is 17.3 Å². The molecule has 1 amide bonds. The molecule has 0 aromatic heterocycles. The lowest BCUT2D eigenvalue weighted by Gasteiger charge is -2.17. The third kappa shape index (κ3) is 5.02. The van der Waals surface area contributed by atoms with E-state index in [2.05, 4.69) is 24.1 Å². The number of nitrogens with zero attached hydrogens (tertiary/aromatic N) is 1. The van der Waals surface area contributed by atoms with Crippen LogP contribution in [0.15, 0.2) is 18.2 Å². The van der Waals surface area contributed by atoms with Gasteiger partial charge in [-0.15, -0.1) is 0 Å². The van der Waals surface area contributed by atoms with Gasteiger partial charge >= 0.3 is 0 Å². The Bertz CT molecular complexity index is 433. The second-order valence-electron chi connectivity index (χ2n) is 4.69. The van der Waals surface area contributed by atoms with E-state index >= 15 is 0 Å². The fraction of sp³-hybridized carbons (Fsp3) is 0.533. The number of carbonyl (C=O) groups excluding carboxylic acids is 1. The minimum atomic E-state index is -0.159. The van der Waals surface area contributed by atoms with Crippen molar-refractivity contribution in [3.63, 3.8) is 0 Å². The van der Waals surface area contributed by atoms with Crippen LogP contribution in [0, 0.1) is 0 Å². The average molecular weight is 298 g/mol. The fourth-order valence-corrected chi connectivity index (χ4v) is 2.21. The molecule has 0 fully saturated rings. The summed E-state index contributed by atoms with van der Waals surface area (Å²) in [5.41, 5.74) is 6.58. The van der Waals surface area contributed by atoms with Crippen molar-refractivity contribution in [2.24, 2.45) is 0 Å². The standard InChI is InChI=1S/C15H24ClN3O/c1-3-19(4-2)11-6-5-10-18-15(20)12-8-7-9-13(16)14(12)17/h7-9H,3-6,10-11,17H2,1-2H3,(H,18,20). The molecule has 0 saturated carbocycles. The minimum absolute atomic E-state index is 0.159. The van der Waals surface area contributed by atoms with Crippen LogP contribution in [0.3, 0.4) is 0 Å². The number of nitrogen functional groups attached to an aromatic ring is 1. The second kappa shape index (κ2) is 8.82. The van der Waals surface area contributed by atoms with Gasteiger partial charge in [-0.1, -0.05) is 31.5 Å². The van der Waals surface area contributed by atoms with Gasteiger partial charge in [0.1, 0.15) is 0 Å². The van der Waals surface area contributed by atoms with Crippen molar-refractivity contribution in [2.45, 2.75) is 26.7 Å². The van der Waals surface area contributed by atoms with E-state index in [0.29, 0.717) is 22.8 Å². The highest BCUT2D eigenvalue weighted by Crippen LogP contribution is 2.22. The Morgan fingerprint density at radius 1 is 1.30 bits per heavy atom. The Balaban J connectivity index is 2.32. The molecule has 0 heterocycles. The summed E-state index contributed by atoms with van der Waals surface area (Å²) in [7, 11) is 0. The molecule has 0 aliphatic heterocycles. The molecular weight excluding hydrogens is 274 g/mol. The van der Waals surface area contributed by atoms with E-state index in [0.717, 1.165) is 32.5 Å². The van der Waals surface area contributed by atoms with Crippen LogP contribution in [0.1, 0.15) is 37.0 Å². The summed E-state index contributed by atoms with van der Waals surface area (Å²) in [6.45, 7) is 8.19. The molecule has 0 radical (unpaired) electrons. The van der Waals surface area contributed by atoms with E-state index in [1.807, 2.05) is 0 Å². The molecular formula is C15H24ClN3O. The zero-order valence-electron chi connectivity index (χ0n) is 12.3. The summed E-state index contributed by atoms with van der Waals surface area (Å²) in [6.07, 6.45) is 2.04. The quantitative estimate of drug-likeness (QED) is 0.573. The SMILES string of the molecule is CCN(CC)CCCCNC(=O)c1cccc(Cl)c1N. The first kappa shape index (κ1) is 16.8. The Morgan fingerprint density at radius 3 is 2.65 bits per heavy atom. The number of halogens is 1. The lowest BCUT2D eigenvalue weighted by atomic mass is 10.1. The molecule has 5 heteroatoms. The zero-order chi connectivity index (χ0) is 15.0. The maximum absolute atomic E-state index is 12.0. The van der Waals surface area contributed by atoms with Crippen molar-refractivity contribution < 1.29 is 4.79 Å². The number of hydrogen-bond acceptors (Lipinski definition) is 3.